The van der Waals surface area contributed by atoms with E-state index >= 15 is 0 Å². The molecule has 6 aliphatic rings. The summed E-state index contributed by atoms with van der Waals surface area (Å²) in [7, 11) is 0. The molecule has 43 heavy (non-hydrogen) atoms. The molecule has 9 heteroatoms. The summed E-state index contributed by atoms with van der Waals surface area (Å²) in [5.41, 5.74) is 10.7. The number of aliphatic hydroxyl groups excluding tert-OH is 1. The van der Waals surface area contributed by atoms with Crippen LogP contribution >= 0.6 is 0 Å². The van der Waals surface area contributed by atoms with E-state index in [2.05, 4.69) is 18.8 Å². The second-order valence-corrected chi connectivity index (χ2v) is 11.6. The molecule has 3 N–H and O–H groups in total. The number of carboxylic acid groups (broad SMARTS) is 2. The van der Waals surface area contributed by atoms with E-state index in [0.29, 0.717) is 33.8 Å². The smallest absolute Gasteiger partial charge is 0.318 e. The first kappa shape index (κ1) is 28.3. The minimum Gasteiger partial charge on any atom is -0.550 e. The number of allylic oxidation sites excluding steroid dienone is 11. The highest BCUT2D eigenvalue weighted by molar-refractivity contribution is 6.24. The van der Waals surface area contributed by atoms with Gasteiger partial charge in [0.1, 0.15) is 11.7 Å². The number of aliphatic hydroxyl groups is 1. The predicted molar refractivity (Wildman–Crippen MR) is 163 cm³/mol. The Kier molecular flexibility index (Phi) is 6.71. The van der Waals surface area contributed by atoms with E-state index in [1.807, 2.05) is 45.9 Å². The number of nitrogens with one attached hydrogen (secondary N) is 1. The fourth-order valence-corrected chi connectivity index (χ4v) is 6.94. The molecule has 0 spiro atoms. The van der Waals surface area contributed by atoms with E-state index in [4.69, 9.17) is 15.0 Å². The van der Waals surface area contributed by atoms with Crippen LogP contribution in [-0.4, -0.2) is 39.3 Å². The van der Waals surface area contributed by atoms with Crippen molar-refractivity contribution in [3.05, 3.63) is 104 Å². The quantitative estimate of drug-likeness (QED) is 0.418. The topological polar surface area (TPSA) is 147 Å². The summed E-state index contributed by atoms with van der Waals surface area (Å²) in [5, 5.41) is 36.7. The van der Waals surface area contributed by atoms with Crippen molar-refractivity contribution in [2.24, 2.45) is 32.7 Å². The normalized spacial score (nSPS) is 26.0. The fourth-order valence-electron chi connectivity index (χ4n) is 6.94. The Labute approximate surface area is 249 Å². The number of carboxylic acids is 2. The fraction of sp³-hybridized carbons (Fsp3) is 0.324. The van der Waals surface area contributed by atoms with Crippen molar-refractivity contribution in [3.8, 4) is 0 Å². The Hall–Kier alpha value is -4.79. The van der Waals surface area contributed by atoms with Crippen LogP contribution in [0.1, 0.15) is 53.9 Å². The number of aliphatic carboxylic acids is 2. The maximum Gasteiger partial charge on any atom is 0.318 e. The van der Waals surface area contributed by atoms with Crippen LogP contribution in [0.25, 0.3) is 0 Å². The largest absolute Gasteiger partial charge is 0.550 e. The number of hydrogen-bond acceptors (Lipinski definition) is 8. The molecule has 0 unspecified atom stereocenters. The molecule has 6 rings (SSSR count). The van der Waals surface area contributed by atoms with Crippen LogP contribution in [0.15, 0.2) is 119 Å². The average Bonchev–Trinajstić information content (AvgIpc) is 3.68. The van der Waals surface area contributed by atoms with E-state index in [1.54, 1.807) is 6.08 Å². The molecule has 5 heterocycles. The second kappa shape index (κ2) is 10.2. The molecule has 1 fully saturated rings. The van der Waals surface area contributed by atoms with E-state index < -0.39 is 17.9 Å². The standard InChI is InChI=1S/C34H34N4O5/c1-7-18-14(3)21-11-23-16(5)20(9-10-27(39)40)31(37-23)29-30(34(42)43)33(41)28-17(6)24(38-32(28)29)13-26-19(8-2)15(4)22(36-26)12-25(18)35-21/h7,11-13,16,20,30,37,41H,1,8-10H2,2-6H3,(H,39,40)(H,42,43)/p-1/t16-,20-,30+/m0/s1. The van der Waals surface area contributed by atoms with Crippen molar-refractivity contribution in [1.82, 2.24) is 5.32 Å². The van der Waals surface area contributed by atoms with Gasteiger partial charge in [0, 0.05) is 45.9 Å². The molecule has 1 saturated heterocycles. The Morgan fingerprint density at radius 2 is 1.74 bits per heavy atom. The summed E-state index contributed by atoms with van der Waals surface area (Å²) in [5.74, 6) is -4.59. The third-order valence-corrected chi connectivity index (χ3v) is 9.33. The molecule has 8 bridgehead atoms. The first-order valence-corrected chi connectivity index (χ1v) is 14.5. The highest BCUT2D eigenvalue weighted by atomic mass is 16.4. The molecule has 0 aromatic rings. The van der Waals surface area contributed by atoms with Crippen LogP contribution in [0, 0.1) is 17.8 Å². The van der Waals surface area contributed by atoms with Crippen LogP contribution in [0.5, 0.6) is 0 Å². The molecular weight excluding hydrogens is 544 g/mol. The van der Waals surface area contributed by atoms with Gasteiger partial charge in [0.25, 0.3) is 0 Å². The SMILES string of the molecule is C=CC1=C(C)C2=NC1=CC1=NC(=CC3=C(C)C4=C(O)[C@H](C(=O)O)C(=C5NC(=C2)[C@@H](C)[C@@H]5CCC(=O)[O-])C4=N3)C(CC)=C1C. The van der Waals surface area contributed by atoms with E-state index in [-0.39, 0.29) is 30.4 Å². The monoisotopic (exact) mass is 577 g/mol. The molecule has 0 aromatic carbocycles. The van der Waals surface area contributed by atoms with Crippen LogP contribution in [0.3, 0.4) is 0 Å². The molecule has 220 valence electrons. The number of aliphatic imine (C=N–C) groups is 3. The summed E-state index contributed by atoms with van der Waals surface area (Å²) in [6, 6.07) is 0. The lowest BCUT2D eigenvalue weighted by molar-refractivity contribution is -0.306. The number of carbonyl (C=O) groups is 2. The number of hydrogen-bond donors (Lipinski definition) is 3. The highest BCUT2D eigenvalue weighted by Gasteiger charge is 2.48. The van der Waals surface area contributed by atoms with Crippen molar-refractivity contribution < 1.29 is 24.9 Å². The Bertz CT molecular complexity index is 1800. The van der Waals surface area contributed by atoms with Gasteiger partial charge in [-0.15, -0.1) is 0 Å². The minimum atomic E-state index is -1.34. The summed E-state index contributed by atoms with van der Waals surface area (Å²) in [4.78, 5) is 39.0. The van der Waals surface area contributed by atoms with E-state index in [1.165, 1.54) is 0 Å². The maximum atomic E-state index is 12.6. The van der Waals surface area contributed by atoms with Crippen LogP contribution in [0.4, 0.5) is 0 Å². The van der Waals surface area contributed by atoms with Crippen molar-refractivity contribution in [3.63, 3.8) is 0 Å². The van der Waals surface area contributed by atoms with E-state index in [9.17, 15) is 24.9 Å². The molecule has 1 aliphatic carbocycles. The number of fused-ring (bicyclic) bond motifs is 5. The molecule has 3 atom stereocenters. The minimum absolute atomic E-state index is 0.204. The molecular formula is C34H33N4O5-. The van der Waals surface area contributed by atoms with Gasteiger partial charge in [-0.3, -0.25) is 4.79 Å². The zero-order valence-electron chi connectivity index (χ0n) is 24.8. The Morgan fingerprint density at radius 1 is 1.05 bits per heavy atom. The van der Waals surface area contributed by atoms with Crippen molar-refractivity contribution in [2.75, 3.05) is 0 Å². The van der Waals surface area contributed by atoms with Gasteiger partial charge in [0.2, 0.25) is 0 Å². The number of nitrogens with zero attached hydrogens (tertiary/aromatic N) is 3. The molecule has 9 nitrogen and oxygen atoms in total. The molecule has 0 aromatic heterocycles. The Morgan fingerprint density at radius 3 is 2.40 bits per heavy atom. The van der Waals surface area contributed by atoms with Gasteiger partial charge in [-0.25, -0.2) is 15.0 Å². The van der Waals surface area contributed by atoms with Gasteiger partial charge < -0.3 is 25.4 Å². The third kappa shape index (κ3) is 4.25. The molecule has 5 aliphatic heterocycles. The highest BCUT2D eigenvalue weighted by Crippen LogP contribution is 2.48. The van der Waals surface area contributed by atoms with Gasteiger partial charge >= 0.3 is 5.97 Å². The van der Waals surface area contributed by atoms with Crippen molar-refractivity contribution >= 4 is 29.1 Å². The van der Waals surface area contributed by atoms with Gasteiger partial charge in [-0.1, -0.05) is 26.5 Å². The summed E-state index contributed by atoms with van der Waals surface area (Å²) < 4.78 is 0. The molecule has 0 amide bonds. The van der Waals surface area contributed by atoms with Crippen molar-refractivity contribution in [1.29, 1.82) is 0 Å². The zero-order valence-corrected chi connectivity index (χ0v) is 24.8. The van der Waals surface area contributed by atoms with Gasteiger partial charge in [0.05, 0.1) is 34.2 Å². The van der Waals surface area contributed by atoms with Crippen molar-refractivity contribution in [2.45, 2.75) is 53.9 Å². The van der Waals surface area contributed by atoms with Gasteiger partial charge in [-0.05, 0) is 80.6 Å². The summed E-state index contributed by atoms with van der Waals surface area (Å²) in [6.45, 7) is 13.9. The zero-order chi connectivity index (χ0) is 30.9. The third-order valence-electron chi connectivity index (χ3n) is 9.33. The first-order valence-electron chi connectivity index (χ1n) is 14.5. The summed E-state index contributed by atoms with van der Waals surface area (Å²) >= 11 is 0. The molecule has 0 radical (unpaired) electrons. The van der Waals surface area contributed by atoms with E-state index in [0.717, 1.165) is 57.2 Å². The van der Waals surface area contributed by atoms with Crippen LogP contribution in [-0.2, 0) is 9.59 Å². The van der Waals surface area contributed by atoms with Gasteiger partial charge in [0.15, 0.2) is 0 Å². The lowest BCUT2D eigenvalue weighted by Gasteiger charge is -2.20. The maximum absolute atomic E-state index is 12.6. The average molecular weight is 578 g/mol. The lowest BCUT2D eigenvalue weighted by atomic mass is 9.84. The van der Waals surface area contributed by atoms with Gasteiger partial charge in [-0.2, -0.15) is 0 Å². The first-order chi connectivity index (χ1) is 20.5. The van der Waals surface area contributed by atoms with Crippen LogP contribution < -0.4 is 10.4 Å². The summed E-state index contributed by atoms with van der Waals surface area (Å²) in [6.07, 6.45) is 8.34. The van der Waals surface area contributed by atoms with Crippen LogP contribution in [0.2, 0.25) is 0 Å². The second-order valence-electron chi connectivity index (χ2n) is 11.6. The lowest BCUT2D eigenvalue weighted by Crippen LogP contribution is -2.26. The molecule has 0 saturated carbocycles. The Balaban J connectivity index is 1.67. The predicted octanol–water partition coefficient (Wildman–Crippen LogP) is 4.68. The number of carbonyl (C=O) groups excluding carboxylic acids is 1. The number of rotatable bonds is 6.